The lowest BCUT2D eigenvalue weighted by Gasteiger charge is -2.23. The largest absolute Gasteiger partial charge is 0.484 e. The molecule has 1 fully saturated rings. The number of non-ortho nitro benzene ring substituents is 1. The van der Waals surface area contributed by atoms with E-state index in [4.69, 9.17) is 9.15 Å². The summed E-state index contributed by atoms with van der Waals surface area (Å²) in [5.74, 6) is 1.93. The molecule has 3 rings (SSSR count). The van der Waals surface area contributed by atoms with Crippen molar-refractivity contribution >= 4 is 11.6 Å². The number of carbonyl (C=O) groups is 1. The van der Waals surface area contributed by atoms with E-state index < -0.39 is 4.92 Å². The van der Waals surface area contributed by atoms with E-state index in [0.29, 0.717) is 12.3 Å². The molecular weight excluding hydrogens is 312 g/mol. The molecular formula is C17H18N2O5. The van der Waals surface area contributed by atoms with Gasteiger partial charge in [-0.2, -0.15) is 0 Å². The Labute approximate surface area is 139 Å². The van der Waals surface area contributed by atoms with Gasteiger partial charge in [0.15, 0.2) is 6.61 Å². The predicted molar refractivity (Wildman–Crippen MR) is 85.7 cm³/mol. The molecule has 7 heteroatoms. The maximum atomic E-state index is 12.4. The fourth-order valence-electron chi connectivity index (χ4n) is 2.89. The molecule has 7 nitrogen and oxygen atoms in total. The molecule has 1 aliphatic heterocycles. The van der Waals surface area contributed by atoms with Crippen LogP contribution >= 0.6 is 0 Å². The quantitative estimate of drug-likeness (QED) is 0.620. The Morgan fingerprint density at radius 1 is 1.33 bits per heavy atom. The van der Waals surface area contributed by atoms with Gasteiger partial charge in [0, 0.05) is 18.7 Å². The summed E-state index contributed by atoms with van der Waals surface area (Å²) in [4.78, 5) is 24.3. The van der Waals surface area contributed by atoms with E-state index in [0.717, 1.165) is 24.4 Å². The van der Waals surface area contributed by atoms with Crippen LogP contribution in [0.4, 0.5) is 5.69 Å². The number of hydrogen-bond acceptors (Lipinski definition) is 5. The van der Waals surface area contributed by atoms with Crippen molar-refractivity contribution in [2.75, 3.05) is 13.2 Å². The summed E-state index contributed by atoms with van der Waals surface area (Å²) < 4.78 is 11.1. The van der Waals surface area contributed by atoms with Crippen LogP contribution in [-0.4, -0.2) is 28.9 Å². The van der Waals surface area contributed by atoms with Crippen molar-refractivity contribution in [1.29, 1.82) is 0 Å². The van der Waals surface area contributed by atoms with Gasteiger partial charge in [-0.25, -0.2) is 0 Å². The van der Waals surface area contributed by atoms with E-state index in [2.05, 4.69) is 0 Å². The maximum absolute atomic E-state index is 12.4. The standard InChI is InChI=1S/C17H18N2O5/c1-12-4-9-16(24-12)15-3-2-10-18(15)17(20)11-23-14-7-5-13(6-8-14)19(21)22/h4-9,15H,2-3,10-11H2,1H3/t15-/m0/s1. The molecule has 24 heavy (non-hydrogen) atoms. The highest BCUT2D eigenvalue weighted by molar-refractivity contribution is 5.78. The van der Waals surface area contributed by atoms with Crippen LogP contribution < -0.4 is 4.74 Å². The molecule has 0 N–H and O–H groups in total. The first kappa shape index (κ1) is 16.0. The summed E-state index contributed by atoms with van der Waals surface area (Å²) in [6, 6.07) is 9.43. The normalized spacial score (nSPS) is 17.0. The van der Waals surface area contributed by atoms with Gasteiger partial charge < -0.3 is 14.1 Å². The second-order valence-electron chi connectivity index (χ2n) is 5.73. The van der Waals surface area contributed by atoms with Gasteiger partial charge in [-0.1, -0.05) is 0 Å². The van der Waals surface area contributed by atoms with E-state index in [1.807, 2.05) is 19.1 Å². The summed E-state index contributed by atoms with van der Waals surface area (Å²) in [5, 5.41) is 10.6. The summed E-state index contributed by atoms with van der Waals surface area (Å²) in [6.07, 6.45) is 1.80. The molecule has 0 saturated carbocycles. The van der Waals surface area contributed by atoms with Crippen LogP contribution in [0.25, 0.3) is 0 Å². The molecule has 0 unspecified atom stereocenters. The lowest BCUT2D eigenvalue weighted by atomic mass is 10.1. The number of ether oxygens (including phenoxy) is 1. The van der Waals surface area contributed by atoms with E-state index in [1.165, 1.54) is 24.3 Å². The average molecular weight is 330 g/mol. The van der Waals surface area contributed by atoms with Gasteiger partial charge in [-0.3, -0.25) is 14.9 Å². The Bertz CT molecular complexity index is 738. The number of amides is 1. The number of furan rings is 1. The molecule has 0 aliphatic carbocycles. The molecule has 2 heterocycles. The lowest BCUT2D eigenvalue weighted by Crippen LogP contribution is -2.34. The van der Waals surface area contributed by atoms with Crippen LogP contribution in [-0.2, 0) is 4.79 Å². The van der Waals surface area contributed by atoms with E-state index in [9.17, 15) is 14.9 Å². The monoisotopic (exact) mass is 330 g/mol. The van der Waals surface area contributed by atoms with Crippen LogP contribution in [0.2, 0.25) is 0 Å². The van der Waals surface area contributed by atoms with Gasteiger partial charge in [-0.15, -0.1) is 0 Å². The fraction of sp³-hybridized carbons (Fsp3) is 0.353. The number of likely N-dealkylation sites (tertiary alicyclic amines) is 1. The Morgan fingerprint density at radius 2 is 2.08 bits per heavy atom. The summed E-state index contributed by atoms with van der Waals surface area (Å²) in [7, 11) is 0. The van der Waals surface area contributed by atoms with Crippen LogP contribution in [0.15, 0.2) is 40.8 Å². The lowest BCUT2D eigenvalue weighted by molar-refractivity contribution is -0.384. The third-order valence-corrected chi connectivity index (χ3v) is 4.07. The third kappa shape index (κ3) is 3.40. The van der Waals surface area contributed by atoms with Crippen LogP contribution in [0.5, 0.6) is 5.75 Å². The summed E-state index contributed by atoms with van der Waals surface area (Å²) >= 11 is 0. The van der Waals surface area contributed by atoms with Crippen molar-refractivity contribution in [2.45, 2.75) is 25.8 Å². The molecule has 0 bridgehead atoms. The van der Waals surface area contributed by atoms with Crippen molar-refractivity contribution in [3.05, 3.63) is 58.0 Å². The Morgan fingerprint density at radius 3 is 2.71 bits per heavy atom. The van der Waals surface area contributed by atoms with E-state index in [-0.39, 0.29) is 24.2 Å². The van der Waals surface area contributed by atoms with E-state index in [1.54, 1.807) is 4.90 Å². The maximum Gasteiger partial charge on any atom is 0.269 e. The second-order valence-corrected chi connectivity index (χ2v) is 5.73. The zero-order valence-electron chi connectivity index (χ0n) is 13.3. The predicted octanol–water partition coefficient (Wildman–Crippen LogP) is 3.24. The van der Waals surface area contributed by atoms with Gasteiger partial charge in [0.1, 0.15) is 17.3 Å². The highest BCUT2D eigenvalue weighted by Gasteiger charge is 2.32. The van der Waals surface area contributed by atoms with E-state index >= 15 is 0 Å². The zero-order valence-corrected chi connectivity index (χ0v) is 13.3. The first-order valence-corrected chi connectivity index (χ1v) is 7.77. The number of aryl methyl sites for hydroxylation is 1. The number of carbonyl (C=O) groups excluding carboxylic acids is 1. The first-order valence-electron chi connectivity index (χ1n) is 7.77. The van der Waals surface area contributed by atoms with Crippen molar-refractivity contribution in [3.63, 3.8) is 0 Å². The average Bonchev–Trinajstić information content (AvgIpc) is 3.21. The fourth-order valence-corrected chi connectivity index (χ4v) is 2.89. The molecule has 1 saturated heterocycles. The first-order chi connectivity index (χ1) is 11.5. The molecule has 1 amide bonds. The number of nitro benzene ring substituents is 1. The van der Waals surface area contributed by atoms with Crippen molar-refractivity contribution < 1.29 is 18.9 Å². The van der Waals surface area contributed by atoms with Gasteiger partial charge in [-0.05, 0) is 44.0 Å². The zero-order chi connectivity index (χ0) is 17.1. The summed E-state index contributed by atoms with van der Waals surface area (Å²) in [5.41, 5.74) is -0.0125. The second kappa shape index (κ2) is 6.74. The highest BCUT2D eigenvalue weighted by Crippen LogP contribution is 2.33. The minimum absolute atomic E-state index is 0.0125. The Hall–Kier alpha value is -2.83. The number of hydrogen-bond donors (Lipinski definition) is 0. The van der Waals surface area contributed by atoms with Crippen LogP contribution in [0.3, 0.4) is 0 Å². The minimum Gasteiger partial charge on any atom is -0.484 e. The molecule has 0 spiro atoms. The number of nitrogens with zero attached hydrogens (tertiary/aromatic N) is 2. The van der Waals surface area contributed by atoms with Gasteiger partial charge in [0.2, 0.25) is 0 Å². The molecule has 1 aromatic heterocycles. The molecule has 1 aromatic carbocycles. The van der Waals surface area contributed by atoms with Crippen molar-refractivity contribution in [2.24, 2.45) is 0 Å². The molecule has 2 aromatic rings. The number of nitro groups is 1. The number of benzene rings is 1. The van der Waals surface area contributed by atoms with Gasteiger partial charge in [0.05, 0.1) is 11.0 Å². The van der Waals surface area contributed by atoms with Gasteiger partial charge >= 0.3 is 0 Å². The Balaban J connectivity index is 1.60. The Kier molecular flexibility index (Phi) is 4.50. The van der Waals surface area contributed by atoms with Crippen molar-refractivity contribution in [1.82, 2.24) is 4.90 Å². The van der Waals surface area contributed by atoms with Crippen LogP contribution in [0, 0.1) is 17.0 Å². The number of rotatable bonds is 5. The minimum atomic E-state index is -0.477. The van der Waals surface area contributed by atoms with Crippen LogP contribution in [0.1, 0.15) is 30.4 Å². The topological polar surface area (TPSA) is 85.8 Å². The SMILES string of the molecule is Cc1ccc([C@@H]2CCCN2C(=O)COc2ccc([N+](=O)[O-])cc2)o1. The molecule has 1 aliphatic rings. The summed E-state index contributed by atoms with van der Waals surface area (Å²) in [6.45, 7) is 2.45. The molecule has 1 atom stereocenters. The molecule has 126 valence electrons. The molecule has 0 radical (unpaired) electrons. The van der Waals surface area contributed by atoms with Gasteiger partial charge in [0.25, 0.3) is 11.6 Å². The third-order valence-electron chi connectivity index (χ3n) is 4.07. The van der Waals surface area contributed by atoms with Crippen molar-refractivity contribution in [3.8, 4) is 5.75 Å². The highest BCUT2D eigenvalue weighted by atomic mass is 16.6. The smallest absolute Gasteiger partial charge is 0.269 e.